The quantitative estimate of drug-likeness (QED) is 0.144. The topological polar surface area (TPSA) is 21.1 Å². The molecule has 0 unspecified atom stereocenters. The van der Waals surface area contributed by atoms with Crippen LogP contribution in [0.1, 0.15) is 0 Å². The molecule has 3 aromatic heterocycles. The maximum atomic E-state index is 5.69. The summed E-state index contributed by atoms with van der Waals surface area (Å²) in [4.78, 5) is 8.17. The molecule has 342 valence electrons. The fourth-order valence-corrected chi connectivity index (χ4v) is 12.2. The second-order valence-corrected chi connectivity index (χ2v) is 19.7. The molecule has 0 atom stereocenters. The van der Waals surface area contributed by atoms with Gasteiger partial charge in [0.15, 0.2) is 0 Å². The molecule has 0 aliphatic carbocycles. The van der Waals surface area contributed by atoms with E-state index in [0.717, 1.165) is 83.6 Å². The Morgan fingerprint density at radius 1 is 0.356 bits per heavy atom. The van der Waals surface area contributed by atoms with Gasteiger partial charge in [-0.1, -0.05) is 206 Å². The number of hydrogen-bond acceptors (Lipinski definition) is 3. The lowest BCUT2D eigenvalue weighted by atomic mass is 9.94. The van der Waals surface area contributed by atoms with Crippen molar-refractivity contribution in [1.29, 1.82) is 0 Å². The van der Waals surface area contributed by atoms with E-state index < -0.39 is 0 Å². The molecular formula is C69H45N3S. The lowest BCUT2D eigenvalue weighted by Crippen LogP contribution is -2.13. The van der Waals surface area contributed by atoms with Crippen LogP contribution in [-0.4, -0.2) is 9.55 Å². The van der Waals surface area contributed by atoms with Crippen LogP contribution in [0.4, 0.5) is 17.1 Å². The summed E-state index contributed by atoms with van der Waals surface area (Å²) in [5.41, 5.74) is 18.5. The minimum Gasteiger partial charge on any atom is -0.308 e. The molecule has 3 nitrogen and oxygen atoms in total. The Hall–Kier alpha value is -9.35. The fourth-order valence-electron chi connectivity index (χ4n) is 10.9. The number of nitrogens with zero attached hydrogens (tertiary/aromatic N) is 3. The SMILES string of the molecule is c1ccc(-c2ccc(N(c3ccc(-c4cccc5c4sc4ccccc45)cc3)c3c(-c4nc5ccccc5cc4-c4ccccc4)ccc4c5ccccc5n(-c5cccc(-c6ccccc6)c5)c34)cc2)cc1. The molecule has 14 aromatic rings. The Bertz CT molecular complexity index is 4350. The molecule has 11 aromatic carbocycles. The Morgan fingerprint density at radius 3 is 1.67 bits per heavy atom. The molecule has 0 aliphatic heterocycles. The molecule has 3 heterocycles. The average Bonchev–Trinajstić information content (AvgIpc) is 4.03. The van der Waals surface area contributed by atoms with Crippen LogP contribution in [0.15, 0.2) is 273 Å². The van der Waals surface area contributed by atoms with E-state index in [1.165, 1.54) is 47.8 Å². The largest absolute Gasteiger partial charge is 0.308 e. The normalized spacial score (nSPS) is 11.6. The Morgan fingerprint density at radius 2 is 0.918 bits per heavy atom. The van der Waals surface area contributed by atoms with E-state index in [2.05, 4.69) is 282 Å². The first-order valence-corrected chi connectivity index (χ1v) is 25.7. The van der Waals surface area contributed by atoms with Crippen molar-refractivity contribution in [1.82, 2.24) is 9.55 Å². The van der Waals surface area contributed by atoms with Crippen LogP contribution in [0.25, 0.3) is 114 Å². The zero-order valence-corrected chi connectivity index (χ0v) is 40.5. The van der Waals surface area contributed by atoms with Gasteiger partial charge in [0.1, 0.15) is 0 Å². The fraction of sp³-hybridized carbons (Fsp3) is 0. The van der Waals surface area contributed by atoms with Crippen molar-refractivity contribution in [3.8, 4) is 61.5 Å². The lowest BCUT2D eigenvalue weighted by molar-refractivity contribution is 1.17. The highest BCUT2D eigenvalue weighted by Gasteiger charge is 2.28. The van der Waals surface area contributed by atoms with Crippen LogP contribution in [0.3, 0.4) is 0 Å². The third-order valence-electron chi connectivity index (χ3n) is 14.4. The molecule has 0 aliphatic rings. The summed E-state index contributed by atoms with van der Waals surface area (Å²) in [5, 5.41) is 6.02. The summed E-state index contributed by atoms with van der Waals surface area (Å²) in [6.45, 7) is 0. The first-order valence-electron chi connectivity index (χ1n) is 24.9. The number of rotatable bonds is 9. The molecule has 0 amide bonds. The van der Waals surface area contributed by atoms with Gasteiger partial charge in [0, 0.05) is 64.5 Å². The van der Waals surface area contributed by atoms with Crippen molar-refractivity contribution in [3.05, 3.63) is 273 Å². The van der Waals surface area contributed by atoms with Gasteiger partial charge >= 0.3 is 0 Å². The van der Waals surface area contributed by atoms with Crippen LogP contribution in [-0.2, 0) is 0 Å². The number of fused-ring (bicyclic) bond motifs is 7. The maximum Gasteiger partial charge on any atom is 0.0809 e. The summed E-state index contributed by atoms with van der Waals surface area (Å²) in [5.74, 6) is 0. The second-order valence-electron chi connectivity index (χ2n) is 18.6. The van der Waals surface area contributed by atoms with Crippen molar-refractivity contribution in [2.24, 2.45) is 0 Å². The van der Waals surface area contributed by atoms with E-state index in [1.807, 2.05) is 11.3 Å². The smallest absolute Gasteiger partial charge is 0.0809 e. The zero-order chi connectivity index (χ0) is 48.2. The highest BCUT2D eigenvalue weighted by Crippen LogP contribution is 2.51. The molecule has 4 heteroatoms. The molecular weight excluding hydrogens is 903 g/mol. The molecule has 0 bridgehead atoms. The van der Waals surface area contributed by atoms with Crippen LogP contribution in [0.2, 0.25) is 0 Å². The van der Waals surface area contributed by atoms with E-state index >= 15 is 0 Å². The summed E-state index contributed by atoms with van der Waals surface area (Å²) < 4.78 is 5.09. The Balaban J connectivity index is 1.09. The minimum absolute atomic E-state index is 0.913. The van der Waals surface area contributed by atoms with Gasteiger partial charge in [0.2, 0.25) is 0 Å². The predicted octanol–water partition coefficient (Wildman–Crippen LogP) is 19.5. The van der Waals surface area contributed by atoms with Gasteiger partial charge in [0.25, 0.3) is 0 Å². The third kappa shape index (κ3) is 7.39. The number of pyridine rings is 1. The van der Waals surface area contributed by atoms with Gasteiger partial charge < -0.3 is 9.47 Å². The van der Waals surface area contributed by atoms with Gasteiger partial charge in [-0.05, 0) is 106 Å². The van der Waals surface area contributed by atoms with Crippen LogP contribution in [0.5, 0.6) is 0 Å². The summed E-state index contributed by atoms with van der Waals surface area (Å²) in [6, 6.07) is 99.2. The Kier molecular flexibility index (Phi) is 10.4. The van der Waals surface area contributed by atoms with Crippen molar-refractivity contribution in [2.45, 2.75) is 0 Å². The van der Waals surface area contributed by atoms with E-state index in [1.54, 1.807) is 0 Å². The monoisotopic (exact) mass is 947 g/mol. The van der Waals surface area contributed by atoms with E-state index in [0.29, 0.717) is 0 Å². The van der Waals surface area contributed by atoms with Gasteiger partial charge in [-0.25, -0.2) is 4.98 Å². The summed E-state index contributed by atoms with van der Waals surface area (Å²) in [6.07, 6.45) is 0. The van der Waals surface area contributed by atoms with Crippen molar-refractivity contribution in [3.63, 3.8) is 0 Å². The number of hydrogen-bond donors (Lipinski definition) is 0. The number of benzene rings is 11. The standard InChI is InChI=1S/C69H45N3S/c1-4-18-46(19-5-1)48-34-38-53(39-35-48)71(54-40-36-50(37-41-54)56-29-17-30-60-58-28-12-15-33-65(58)73-69(56)60)68-61(66-62(49-22-8-3-9-23-49)45-52-24-10-13-31-63(52)70-66)43-42-59-57-27-11-14-32-64(57)72(67(59)68)55-26-16-25-51(44-55)47-20-6-2-7-21-47/h1-45H. The Labute approximate surface area is 427 Å². The van der Waals surface area contributed by atoms with Crippen molar-refractivity contribution in [2.75, 3.05) is 4.90 Å². The van der Waals surface area contributed by atoms with Crippen LogP contribution < -0.4 is 4.90 Å². The maximum absolute atomic E-state index is 5.69. The van der Waals surface area contributed by atoms with Gasteiger partial charge in [-0.15, -0.1) is 11.3 Å². The molecule has 0 saturated heterocycles. The number of para-hydroxylation sites is 2. The van der Waals surface area contributed by atoms with Crippen molar-refractivity contribution < 1.29 is 0 Å². The first kappa shape index (κ1) is 42.5. The van der Waals surface area contributed by atoms with Crippen LogP contribution >= 0.6 is 11.3 Å². The highest BCUT2D eigenvalue weighted by molar-refractivity contribution is 7.26. The third-order valence-corrected chi connectivity index (χ3v) is 15.6. The van der Waals surface area contributed by atoms with Gasteiger partial charge in [0.05, 0.1) is 27.9 Å². The van der Waals surface area contributed by atoms with Gasteiger partial charge in [-0.3, -0.25) is 0 Å². The molecule has 0 fully saturated rings. The number of aromatic nitrogens is 2. The predicted molar refractivity (Wildman–Crippen MR) is 311 cm³/mol. The first-order chi connectivity index (χ1) is 36.2. The van der Waals surface area contributed by atoms with Crippen molar-refractivity contribution >= 4 is 81.3 Å². The molecule has 73 heavy (non-hydrogen) atoms. The lowest BCUT2D eigenvalue weighted by Gasteiger charge is -2.30. The zero-order valence-electron chi connectivity index (χ0n) is 39.7. The van der Waals surface area contributed by atoms with E-state index in [-0.39, 0.29) is 0 Å². The molecule has 0 radical (unpaired) electrons. The second kappa shape index (κ2) is 17.8. The average molecular weight is 948 g/mol. The number of anilines is 3. The van der Waals surface area contributed by atoms with Gasteiger partial charge in [-0.2, -0.15) is 0 Å². The highest BCUT2D eigenvalue weighted by atomic mass is 32.1. The van der Waals surface area contributed by atoms with E-state index in [9.17, 15) is 0 Å². The molecule has 0 spiro atoms. The summed E-state index contributed by atoms with van der Waals surface area (Å²) in [7, 11) is 0. The summed E-state index contributed by atoms with van der Waals surface area (Å²) >= 11 is 1.87. The minimum atomic E-state index is 0.913. The number of thiophene rings is 1. The van der Waals surface area contributed by atoms with E-state index in [4.69, 9.17) is 4.98 Å². The molecule has 14 rings (SSSR count). The molecule has 0 saturated carbocycles. The molecule has 0 N–H and O–H groups in total. The van der Waals surface area contributed by atoms with Crippen LogP contribution in [0, 0.1) is 0 Å².